The van der Waals surface area contributed by atoms with Crippen molar-refractivity contribution in [1.82, 2.24) is 25.1 Å². The van der Waals surface area contributed by atoms with Crippen molar-refractivity contribution in [1.29, 1.82) is 0 Å². The van der Waals surface area contributed by atoms with Crippen LogP contribution in [0.4, 0.5) is 18.9 Å². The average molecular weight is 505 g/mol. The molecule has 0 aliphatic carbocycles. The highest BCUT2D eigenvalue weighted by atomic mass is 19.4. The van der Waals surface area contributed by atoms with Crippen molar-refractivity contribution in [2.24, 2.45) is 0 Å². The number of anilines is 1. The van der Waals surface area contributed by atoms with Gasteiger partial charge in [0.05, 0.1) is 47.0 Å². The Labute approximate surface area is 205 Å². The summed E-state index contributed by atoms with van der Waals surface area (Å²) in [5.41, 5.74) is 2.38. The molecule has 0 saturated heterocycles. The van der Waals surface area contributed by atoms with Crippen molar-refractivity contribution in [3.8, 4) is 17.1 Å². The van der Waals surface area contributed by atoms with E-state index in [9.17, 15) is 23.1 Å². The molecule has 2 N–H and O–H groups in total. The summed E-state index contributed by atoms with van der Waals surface area (Å²) in [6.07, 6.45) is -1.42. The average Bonchev–Trinajstić information content (AvgIpc) is 3.31. The van der Waals surface area contributed by atoms with Gasteiger partial charge in [0.15, 0.2) is 0 Å². The molecule has 0 bridgehead atoms. The van der Waals surface area contributed by atoms with Gasteiger partial charge < -0.3 is 9.84 Å². The number of aliphatic hydroxyl groups excluding tert-OH is 1. The van der Waals surface area contributed by atoms with Crippen LogP contribution in [0.3, 0.4) is 0 Å². The van der Waals surface area contributed by atoms with Crippen LogP contribution in [-0.4, -0.2) is 50.6 Å². The van der Waals surface area contributed by atoms with Crippen molar-refractivity contribution < 1.29 is 27.8 Å². The number of carbonyl (C=O) groups excluding carboxylic acids is 1. The highest BCUT2D eigenvalue weighted by molar-refractivity contribution is 6.12. The van der Waals surface area contributed by atoms with E-state index in [0.717, 1.165) is 4.68 Å². The van der Waals surface area contributed by atoms with Crippen LogP contribution in [-0.2, 0) is 12.1 Å². The minimum Gasteiger partial charge on any atom is -0.481 e. The molecule has 0 radical (unpaired) electrons. The molecule has 3 aromatic rings. The SMILES string of the molecule is CCNC(O)c1cc(-c2cc(C)c3c(n2)C(C)(C)N(c2cnn(CC(F)(F)F)c2)C3=O)cnc1OC. The van der Waals surface area contributed by atoms with E-state index in [4.69, 9.17) is 9.72 Å². The largest absolute Gasteiger partial charge is 0.481 e. The maximum Gasteiger partial charge on any atom is 0.408 e. The Morgan fingerprint density at radius 1 is 1.25 bits per heavy atom. The normalized spacial score (nSPS) is 15.8. The van der Waals surface area contributed by atoms with Gasteiger partial charge in [0.2, 0.25) is 5.88 Å². The number of carbonyl (C=O) groups is 1. The summed E-state index contributed by atoms with van der Waals surface area (Å²) in [5, 5.41) is 17.2. The second-order valence-corrected chi connectivity index (χ2v) is 9.04. The van der Waals surface area contributed by atoms with Crippen molar-refractivity contribution in [2.45, 2.75) is 52.2 Å². The first-order valence-corrected chi connectivity index (χ1v) is 11.3. The fraction of sp³-hybridized carbons (Fsp3) is 0.417. The Balaban J connectivity index is 1.76. The van der Waals surface area contributed by atoms with E-state index >= 15 is 0 Å². The molecule has 9 nitrogen and oxygen atoms in total. The number of halogens is 3. The van der Waals surface area contributed by atoms with E-state index in [0.29, 0.717) is 40.2 Å². The Morgan fingerprint density at radius 3 is 2.61 bits per heavy atom. The van der Waals surface area contributed by atoms with Crippen molar-refractivity contribution in [3.63, 3.8) is 0 Å². The van der Waals surface area contributed by atoms with E-state index < -0.39 is 24.5 Å². The van der Waals surface area contributed by atoms with Crippen molar-refractivity contribution in [3.05, 3.63) is 53.1 Å². The Kier molecular flexibility index (Phi) is 6.52. The van der Waals surface area contributed by atoms with Gasteiger partial charge in [-0.1, -0.05) is 6.92 Å². The Morgan fingerprint density at radius 2 is 1.97 bits per heavy atom. The molecular formula is C24H27F3N6O3. The molecule has 1 amide bonds. The third-order valence-corrected chi connectivity index (χ3v) is 6.05. The highest BCUT2D eigenvalue weighted by Crippen LogP contribution is 2.43. The molecule has 1 unspecified atom stereocenters. The number of hydrogen-bond acceptors (Lipinski definition) is 7. The molecule has 4 heterocycles. The highest BCUT2D eigenvalue weighted by Gasteiger charge is 2.47. The van der Waals surface area contributed by atoms with Crippen LogP contribution in [0.15, 0.2) is 30.7 Å². The summed E-state index contributed by atoms with van der Waals surface area (Å²) in [6.45, 7) is 6.46. The second-order valence-electron chi connectivity index (χ2n) is 9.04. The number of nitrogens with zero attached hydrogens (tertiary/aromatic N) is 5. The van der Waals surface area contributed by atoms with Crippen LogP contribution < -0.4 is 15.0 Å². The molecule has 0 spiro atoms. The molecule has 1 aliphatic rings. The van der Waals surface area contributed by atoms with Crippen LogP contribution >= 0.6 is 0 Å². The van der Waals surface area contributed by atoms with Crippen LogP contribution in [0.2, 0.25) is 0 Å². The fourth-order valence-corrected chi connectivity index (χ4v) is 4.46. The van der Waals surface area contributed by atoms with E-state index in [1.54, 1.807) is 39.1 Å². The van der Waals surface area contributed by atoms with Gasteiger partial charge in [0.25, 0.3) is 5.91 Å². The smallest absolute Gasteiger partial charge is 0.408 e. The topological polar surface area (TPSA) is 105 Å². The molecule has 192 valence electrons. The van der Waals surface area contributed by atoms with E-state index in [1.165, 1.54) is 24.4 Å². The van der Waals surface area contributed by atoms with Crippen LogP contribution in [0.25, 0.3) is 11.3 Å². The number of hydrogen-bond donors (Lipinski definition) is 2. The predicted molar refractivity (Wildman–Crippen MR) is 126 cm³/mol. The van der Waals surface area contributed by atoms with E-state index in [2.05, 4.69) is 15.4 Å². The first kappa shape index (κ1) is 25.6. The number of pyridine rings is 2. The Hall–Kier alpha value is -3.51. The van der Waals surface area contributed by atoms with Gasteiger partial charge in [-0.15, -0.1) is 0 Å². The van der Waals surface area contributed by atoms with E-state index in [1.807, 2.05) is 6.92 Å². The summed E-state index contributed by atoms with van der Waals surface area (Å²) in [5.74, 6) is -0.100. The van der Waals surface area contributed by atoms with Gasteiger partial charge >= 0.3 is 6.18 Å². The molecule has 4 rings (SSSR count). The molecular weight excluding hydrogens is 477 g/mol. The zero-order valence-electron chi connectivity index (χ0n) is 20.5. The number of aliphatic hydroxyl groups is 1. The number of methoxy groups -OCH3 is 1. The number of alkyl halides is 3. The summed E-state index contributed by atoms with van der Waals surface area (Å²) in [7, 11) is 1.46. The van der Waals surface area contributed by atoms with Crippen LogP contribution in [0.1, 0.15) is 54.2 Å². The first-order valence-electron chi connectivity index (χ1n) is 11.3. The number of ether oxygens (including phenoxy) is 1. The lowest BCUT2D eigenvalue weighted by atomic mass is 9.96. The first-order chi connectivity index (χ1) is 16.9. The molecule has 0 aromatic carbocycles. The third-order valence-electron chi connectivity index (χ3n) is 6.05. The van der Waals surface area contributed by atoms with Gasteiger partial charge in [-0.05, 0) is 45.0 Å². The number of aryl methyl sites for hydroxylation is 1. The maximum atomic E-state index is 13.4. The number of nitrogens with one attached hydrogen (secondary N) is 1. The minimum absolute atomic E-state index is 0.246. The van der Waals surface area contributed by atoms with Crippen LogP contribution in [0.5, 0.6) is 5.88 Å². The quantitative estimate of drug-likeness (QED) is 0.473. The molecule has 12 heteroatoms. The maximum absolute atomic E-state index is 13.4. The number of amides is 1. The molecule has 0 fully saturated rings. The lowest BCUT2D eigenvalue weighted by Crippen LogP contribution is -2.39. The summed E-state index contributed by atoms with van der Waals surface area (Å²) in [4.78, 5) is 23.9. The fourth-order valence-electron chi connectivity index (χ4n) is 4.46. The summed E-state index contributed by atoms with van der Waals surface area (Å²) < 4.78 is 44.5. The third kappa shape index (κ3) is 4.53. The van der Waals surface area contributed by atoms with Crippen molar-refractivity contribution in [2.75, 3.05) is 18.6 Å². The molecule has 1 atom stereocenters. The lowest BCUT2D eigenvalue weighted by molar-refractivity contribution is -0.142. The standard InChI is InChI=1S/C24H27F3N6O3/c1-6-28-20(34)16-8-14(9-29-21(16)36-5)17-7-13(2)18-19(31-17)23(3,4)33(22(18)35)15-10-30-32(11-15)12-24(25,26)27/h7-11,20,28,34H,6,12H2,1-5H3. The molecule has 0 saturated carbocycles. The van der Waals surface area contributed by atoms with Crippen molar-refractivity contribution >= 4 is 11.6 Å². The van der Waals surface area contributed by atoms with Crippen LogP contribution in [0, 0.1) is 6.92 Å². The molecule has 1 aliphatic heterocycles. The second kappa shape index (κ2) is 9.17. The zero-order chi connectivity index (χ0) is 26.4. The predicted octanol–water partition coefficient (Wildman–Crippen LogP) is 3.72. The van der Waals surface area contributed by atoms with E-state index in [-0.39, 0.29) is 17.5 Å². The molecule has 36 heavy (non-hydrogen) atoms. The summed E-state index contributed by atoms with van der Waals surface area (Å²) >= 11 is 0. The Bertz CT molecular complexity index is 1300. The van der Waals surface area contributed by atoms with Gasteiger partial charge in [0.1, 0.15) is 12.8 Å². The lowest BCUT2D eigenvalue weighted by Gasteiger charge is -2.30. The van der Waals surface area contributed by atoms with Gasteiger partial charge in [0, 0.05) is 18.0 Å². The number of aromatic nitrogens is 4. The monoisotopic (exact) mass is 504 g/mol. The molecule has 3 aromatic heterocycles. The number of rotatable bonds is 7. The zero-order valence-corrected chi connectivity index (χ0v) is 20.5. The summed E-state index contributed by atoms with van der Waals surface area (Å²) in [6, 6.07) is 3.46. The van der Waals surface area contributed by atoms with Gasteiger partial charge in [-0.2, -0.15) is 18.3 Å². The van der Waals surface area contributed by atoms with Gasteiger partial charge in [-0.25, -0.2) is 9.97 Å². The number of fused-ring (bicyclic) bond motifs is 1. The minimum atomic E-state index is -4.44. The van der Waals surface area contributed by atoms with Gasteiger partial charge in [-0.3, -0.25) is 19.7 Å².